The van der Waals surface area contributed by atoms with Crippen molar-refractivity contribution in [2.24, 2.45) is 0 Å². The topological polar surface area (TPSA) is 56.7 Å². The predicted molar refractivity (Wildman–Crippen MR) is 54.7 cm³/mol. The van der Waals surface area contributed by atoms with Crippen LogP contribution < -0.4 is 5.73 Å². The number of pyridine rings is 1. The fourth-order valence-corrected chi connectivity index (χ4v) is 1.37. The molecule has 0 unspecified atom stereocenters. The molecule has 0 bridgehead atoms. The molecule has 4 nitrogen and oxygen atoms in total. The fourth-order valence-electron chi connectivity index (χ4n) is 1.37. The van der Waals surface area contributed by atoms with E-state index in [-0.39, 0.29) is 5.82 Å². The summed E-state index contributed by atoms with van der Waals surface area (Å²) in [4.78, 5) is 3.95. The van der Waals surface area contributed by atoms with Crippen LogP contribution in [0.25, 0.3) is 0 Å². The second kappa shape index (κ2) is 3.68. The van der Waals surface area contributed by atoms with E-state index in [9.17, 15) is 4.39 Å². The molecule has 0 aliphatic rings. The molecule has 0 radical (unpaired) electrons. The third kappa shape index (κ3) is 1.96. The number of aromatic nitrogens is 3. The van der Waals surface area contributed by atoms with Crippen LogP contribution in [0, 0.1) is 12.7 Å². The number of nitrogens with two attached hydrogens (primary N) is 1. The molecule has 78 valence electrons. The first-order valence-electron chi connectivity index (χ1n) is 4.56. The largest absolute Gasteiger partial charge is 0.382 e. The number of halogens is 1. The molecule has 2 heterocycles. The average Bonchev–Trinajstić information content (AvgIpc) is 2.49. The van der Waals surface area contributed by atoms with Gasteiger partial charge in [-0.05, 0) is 19.1 Å². The molecule has 2 aromatic rings. The second-order valence-corrected chi connectivity index (χ2v) is 3.30. The standard InChI is InChI=1S/C10H11FN4/c1-7-5-10(12)14-15(7)6-9-8(11)3-2-4-13-9/h2-5H,6H2,1H3,(H2,12,14). The Morgan fingerprint density at radius 2 is 2.33 bits per heavy atom. The van der Waals surface area contributed by atoms with Gasteiger partial charge in [-0.15, -0.1) is 0 Å². The molecule has 0 saturated carbocycles. The summed E-state index contributed by atoms with van der Waals surface area (Å²) in [6.07, 6.45) is 1.56. The zero-order valence-corrected chi connectivity index (χ0v) is 8.31. The van der Waals surface area contributed by atoms with E-state index in [2.05, 4.69) is 10.1 Å². The molecule has 0 aliphatic carbocycles. The summed E-state index contributed by atoms with van der Waals surface area (Å²) >= 11 is 0. The van der Waals surface area contributed by atoms with Gasteiger partial charge in [0.25, 0.3) is 0 Å². The van der Waals surface area contributed by atoms with Crippen molar-refractivity contribution in [1.82, 2.24) is 14.8 Å². The lowest BCUT2D eigenvalue weighted by Crippen LogP contribution is -2.07. The summed E-state index contributed by atoms with van der Waals surface area (Å²) in [7, 11) is 0. The van der Waals surface area contributed by atoms with Crippen LogP contribution >= 0.6 is 0 Å². The highest BCUT2D eigenvalue weighted by Crippen LogP contribution is 2.09. The molecule has 0 amide bonds. The minimum atomic E-state index is -0.328. The van der Waals surface area contributed by atoms with Crippen molar-refractivity contribution >= 4 is 5.82 Å². The van der Waals surface area contributed by atoms with Crippen LogP contribution in [-0.2, 0) is 6.54 Å². The Hall–Kier alpha value is -1.91. The van der Waals surface area contributed by atoms with Crippen molar-refractivity contribution < 1.29 is 4.39 Å². The van der Waals surface area contributed by atoms with Crippen molar-refractivity contribution in [2.45, 2.75) is 13.5 Å². The van der Waals surface area contributed by atoms with Gasteiger partial charge in [0.2, 0.25) is 0 Å². The van der Waals surface area contributed by atoms with Crippen LogP contribution in [0.15, 0.2) is 24.4 Å². The van der Waals surface area contributed by atoms with Gasteiger partial charge in [-0.1, -0.05) is 0 Å². The van der Waals surface area contributed by atoms with Crippen LogP contribution in [0.3, 0.4) is 0 Å². The lowest BCUT2D eigenvalue weighted by molar-refractivity contribution is 0.566. The lowest BCUT2D eigenvalue weighted by Gasteiger charge is -2.03. The van der Waals surface area contributed by atoms with E-state index in [4.69, 9.17) is 5.73 Å². The maximum absolute atomic E-state index is 13.3. The summed E-state index contributed by atoms with van der Waals surface area (Å²) in [6.45, 7) is 2.17. The average molecular weight is 206 g/mol. The second-order valence-electron chi connectivity index (χ2n) is 3.30. The lowest BCUT2D eigenvalue weighted by atomic mass is 10.3. The van der Waals surface area contributed by atoms with Crippen LogP contribution in [0.1, 0.15) is 11.4 Å². The van der Waals surface area contributed by atoms with Gasteiger partial charge >= 0.3 is 0 Å². The molecule has 0 spiro atoms. The van der Waals surface area contributed by atoms with E-state index >= 15 is 0 Å². The highest BCUT2D eigenvalue weighted by molar-refractivity contribution is 5.29. The number of nitrogen functional groups attached to an aromatic ring is 1. The van der Waals surface area contributed by atoms with Crippen LogP contribution in [0.2, 0.25) is 0 Å². The zero-order chi connectivity index (χ0) is 10.8. The maximum atomic E-state index is 13.3. The molecule has 0 aliphatic heterocycles. The molecular formula is C10H11FN4. The normalized spacial score (nSPS) is 10.5. The van der Waals surface area contributed by atoms with Gasteiger partial charge in [0.1, 0.15) is 11.6 Å². The van der Waals surface area contributed by atoms with Crippen LogP contribution in [-0.4, -0.2) is 14.8 Å². The first kappa shape index (κ1) is 9.64. The van der Waals surface area contributed by atoms with Gasteiger partial charge in [0.05, 0.1) is 12.2 Å². The number of hydrogen-bond acceptors (Lipinski definition) is 3. The molecular weight excluding hydrogens is 195 g/mol. The fraction of sp³-hybridized carbons (Fsp3) is 0.200. The van der Waals surface area contributed by atoms with E-state index in [1.54, 1.807) is 23.0 Å². The van der Waals surface area contributed by atoms with E-state index in [0.717, 1.165) is 5.69 Å². The Morgan fingerprint density at radius 1 is 1.53 bits per heavy atom. The Morgan fingerprint density at radius 3 is 2.93 bits per heavy atom. The van der Waals surface area contributed by atoms with Gasteiger partial charge in [0.15, 0.2) is 0 Å². The maximum Gasteiger partial charge on any atom is 0.146 e. The smallest absolute Gasteiger partial charge is 0.146 e. The van der Waals surface area contributed by atoms with Gasteiger partial charge in [-0.25, -0.2) is 4.39 Å². The summed E-state index contributed by atoms with van der Waals surface area (Å²) in [6, 6.07) is 4.68. The molecule has 0 fully saturated rings. The third-order valence-corrected chi connectivity index (χ3v) is 2.13. The van der Waals surface area contributed by atoms with Gasteiger partial charge in [0, 0.05) is 18.0 Å². The summed E-state index contributed by atoms with van der Waals surface area (Å²) in [5.41, 5.74) is 6.78. The van der Waals surface area contributed by atoms with E-state index in [1.807, 2.05) is 6.92 Å². The van der Waals surface area contributed by atoms with Crippen molar-refractivity contribution in [3.8, 4) is 0 Å². The molecule has 2 rings (SSSR count). The van der Waals surface area contributed by atoms with Gasteiger partial charge < -0.3 is 5.73 Å². The summed E-state index contributed by atoms with van der Waals surface area (Å²) in [5, 5.41) is 4.03. The number of hydrogen-bond donors (Lipinski definition) is 1. The minimum Gasteiger partial charge on any atom is -0.382 e. The molecule has 0 saturated heterocycles. The number of anilines is 1. The molecule has 15 heavy (non-hydrogen) atoms. The van der Waals surface area contributed by atoms with Gasteiger partial charge in [-0.3, -0.25) is 9.67 Å². The van der Waals surface area contributed by atoms with Crippen molar-refractivity contribution in [2.75, 3.05) is 5.73 Å². The van der Waals surface area contributed by atoms with Crippen LogP contribution in [0.5, 0.6) is 0 Å². The Balaban J connectivity index is 2.29. The van der Waals surface area contributed by atoms with Crippen molar-refractivity contribution in [3.63, 3.8) is 0 Å². The van der Waals surface area contributed by atoms with E-state index in [1.165, 1.54) is 6.07 Å². The first-order chi connectivity index (χ1) is 7.16. The highest BCUT2D eigenvalue weighted by atomic mass is 19.1. The summed E-state index contributed by atoms with van der Waals surface area (Å²) < 4.78 is 14.9. The summed E-state index contributed by atoms with van der Waals surface area (Å²) in [5.74, 6) is 0.106. The predicted octanol–water partition coefficient (Wildman–Crippen LogP) is 1.36. The zero-order valence-electron chi connectivity index (χ0n) is 8.31. The monoisotopic (exact) mass is 206 g/mol. The minimum absolute atomic E-state index is 0.301. The quantitative estimate of drug-likeness (QED) is 0.807. The molecule has 0 aromatic carbocycles. The third-order valence-electron chi connectivity index (χ3n) is 2.13. The Kier molecular flexibility index (Phi) is 2.37. The SMILES string of the molecule is Cc1cc(N)nn1Cc1ncccc1F. The number of nitrogens with zero attached hydrogens (tertiary/aromatic N) is 3. The van der Waals surface area contributed by atoms with E-state index in [0.29, 0.717) is 18.1 Å². The molecule has 2 N–H and O–H groups in total. The molecule has 5 heteroatoms. The number of aryl methyl sites for hydroxylation is 1. The Labute approximate surface area is 86.6 Å². The molecule has 2 aromatic heterocycles. The Bertz CT molecular complexity index is 478. The van der Waals surface area contributed by atoms with Crippen molar-refractivity contribution in [1.29, 1.82) is 0 Å². The van der Waals surface area contributed by atoms with Crippen LogP contribution in [0.4, 0.5) is 10.2 Å². The van der Waals surface area contributed by atoms with E-state index < -0.39 is 0 Å². The number of rotatable bonds is 2. The van der Waals surface area contributed by atoms with Crippen molar-refractivity contribution in [3.05, 3.63) is 41.6 Å². The first-order valence-corrected chi connectivity index (χ1v) is 4.56. The molecule has 0 atom stereocenters. The highest BCUT2D eigenvalue weighted by Gasteiger charge is 2.06. The van der Waals surface area contributed by atoms with Gasteiger partial charge in [-0.2, -0.15) is 5.10 Å².